The van der Waals surface area contributed by atoms with Crippen molar-refractivity contribution in [2.24, 2.45) is 0 Å². The molecule has 2 heteroatoms. The van der Waals surface area contributed by atoms with Gasteiger partial charge in [0.05, 0.1) is 6.04 Å². The summed E-state index contributed by atoms with van der Waals surface area (Å²) in [5, 5.41) is 3.46. The van der Waals surface area contributed by atoms with E-state index in [4.69, 9.17) is 0 Å². The lowest BCUT2D eigenvalue weighted by Crippen LogP contribution is -2.18. The van der Waals surface area contributed by atoms with Crippen LogP contribution in [0, 0.1) is 3.57 Å². The summed E-state index contributed by atoms with van der Waals surface area (Å²) in [6.07, 6.45) is 5.18. The predicted molar refractivity (Wildman–Crippen MR) is 93.1 cm³/mol. The van der Waals surface area contributed by atoms with E-state index < -0.39 is 0 Å². The van der Waals surface area contributed by atoms with Crippen molar-refractivity contribution in [3.63, 3.8) is 0 Å². The summed E-state index contributed by atoms with van der Waals surface area (Å²) in [5.41, 5.74) is 5.83. The molecule has 0 aliphatic heterocycles. The van der Waals surface area contributed by atoms with Gasteiger partial charge in [-0.05, 0) is 89.7 Å². The zero-order valence-electron chi connectivity index (χ0n) is 11.8. The number of nitrogens with one attached hydrogen (secondary N) is 1. The molecule has 0 heterocycles. The Hall–Kier alpha value is -0.870. The SMILES string of the molecule is CNC(c1ccc(I)cc1)c1ccc2c(c1)CCCC2. The van der Waals surface area contributed by atoms with E-state index in [1.165, 1.54) is 40.4 Å². The van der Waals surface area contributed by atoms with E-state index >= 15 is 0 Å². The Morgan fingerprint density at radius 2 is 1.55 bits per heavy atom. The van der Waals surface area contributed by atoms with Crippen molar-refractivity contribution in [1.29, 1.82) is 0 Å². The molecular weight excluding hydrogens is 357 g/mol. The van der Waals surface area contributed by atoms with E-state index in [1.54, 1.807) is 11.1 Å². The number of hydrogen-bond acceptors (Lipinski definition) is 1. The molecule has 1 N–H and O–H groups in total. The van der Waals surface area contributed by atoms with Gasteiger partial charge in [-0.25, -0.2) is 0 Å². The van der Waals surface area contributed by atoms with Gasteiger partial charge in [0, 0.05) is 3.57 Å². The number of rotatable bonds is 3. The average Bonchev–Trinajstić information content (AvgIpc) is 2.50. The Bertz CT molecular complexity index is 589. The minimum Gasteiger partial charge on any atom is -0.309 e. The third-order valence-electron chi connectivity index (χ3n) is 4.20. The lowest BCUT2D eigenvalue weighted by atomic mass is 9.88. The molecule has 20 heavy (non-hydrogen) atoms. The molecule has 0 spiro atoms. The molecule has 0 saturated heterocycles. The van der Waals surface area contributed by atoms with E-state index in [-0.39, 0.29) is 0 Å². The smallest absolute Gasteiger partial charge is 0.0574 e. The van der Waals surface area contributed by atoms with Crippen LogP contribution < -0.4 is 5.32 Å². The molecule has 0 saturated carbocycles. The Balaban J connectivity index is 1.94. The molecule has 1 atom stereocenters. The van der Waals surface area contributed by atoms with Crippen LogP contribution in [-0.4, -0.2) is 7.05 Å². The van der Waals surface area contributed by atoms with Gasteiger partial charge in [0.2, 0.25) is 0 Å². The highest BCUT2D eigenvalue weighted by molar-refractivity contribution is 14.1. The van der Waals surface area contributed by atoms with Crippen LogP contribution in [0.5, 0.6) is 0 Å². The lowest BCUT2D eigenvalue weighted by molar-refractivity contribution is 0.668. The molecular formula is C18H20IN. The molecule has 2 aromatic rings. The van der Waals surface area contributed by atoms with Crippen molar-refractivity contribution in [1.82, 2.24) is 5.32 Å². The molecule has 2 aromatic carbocycles. The maximum Gasteiger partial charge on any atom is 0.0574 e. The number of aryl methyl sites for hydroxylation is 2. The van der Waals surface area contributed by atoms with Crippen LogP contribution in [-0.2, 0) is 12.8 Å². The number of benzene rings is 2. The van der Waals surface area contributed by atoms with Gasteiger partial charge in [-0.1, -0.05) is 30.3 Å². The molecule has 1 aliphatic rings. The van der Waals surface area contributed by atoms with Gasteiger partial charge in [-0.2, -0.15) is 0 Å². The molecule has 0 bridgehead atoms. The van der Waals surface area contributed by atoms with Crippen LogP contribution in [0.2, 0.25) is 0 Å². The Kier molecular flexibility index (Phi) is 4.41. The summed E-state index contributed by atoms with van der Waals surface area (Å²) in [5.74, 6) is 0. The molecule has 0 amide bonds. The number of fused-ring (bicyclic) bond motifs is 1. The molecule has 0 radical (unpaired) electrons. The van der Waals surface area contributed by atoms with Gasteiger partial charge in [0.25, 0.3) is 0 Å². The Labute approximate surface area is 134 Å². The minimum absolute atomic E-state index is 0.291. The van der Waals surface area contributed by atoms with E-state index in [1.807, 2.05) is 7.05 Å². The molecule has 3 rings (SSSR count). The summed E-state index contributed by atoms with van der Waals surface area (Å²) in [4.78, 5) is 0. The Morgan fingerprint density at radius 1 is 0.900 bits per heavy atom. The fourth-order valence-corrected chi connectivity index (χ4v) is 3.47. The molecule has 1 nitrogen and oxygen atoms in total. The van der Waals surface area contributed by atoms with E-state index in [2.05, 4.69) is 70.4 Å². The van der Waals surface area contributed by atoms with Crippen LogP contribution in [0.4, 0.5) is 0 Å². The first kappa shape index (κ1) is 14.1. The lowest BCUT2D eigenvalue weighted by Gasteiger charge is -2.21. The van der Waals surface area contributed by atoms with Crippen LogP contribution in [0.1, 0.15) is 41.1 Å². The van der Waals surface area contributed by atoms with Gasteiger partial charge < -0.3 is 5.32 Å². The summed E-state index contributed by atoms with van der Waals surface area (Å²) >= 11 is 2.35. The quantitative estimate of drug-likeness (QED) is 0.778. The second-order valence-corrected chi connectivity index (χ2v) is 6.75. The first-order valence-electron chi connectivity index (χ1n) is 7.32. The van der Waals surface area contributed by atoms with Crippen molar-refractivity contribution in [3.05, 3.63) is 68.3 Å². The normalized spacial score (nSPS) is 15.7. The van der Waals surface area contributed by atoms with Crippen LogP contribution in [0.25, 0.3) is 0 Å². The van der Waals surface area contributed by atoms with Gasteiger partial charge in [-0.3, -0.25) is 0 Å². The second-order valence-electron chi connectivity index (χ2n) is 5.51. The summed E-state index contributed by atoms with van der Waals surface area (Å²) < 4.78 is 1.28. The maximum atomic E-state index is 3.46. The summed E-state index contributed by atoms with van der Waals surface area (Å²) in [6, 6.07) is 16.1. The van der Waals surface area contributed by atoms with Gasteiger partial charge in [-0.15, -0.1) is 0 Å². The molecule has 0 aromatic heterocycles. The van der Waals surface area contributed by atoms with Gasteiger partial charge in [0.15, 0.2) is 0 Å². The highest BCUT2D eigenvalue weighted by atomic mass is 127. The maximum absolute atomic E-state index is 3.46. The monoisotopic (exact) mass is 377 g/mol. The number of hydrogen-bond donors (Lipinski definition) is 1. The fourth-order valence-electron chi connectivity index (χ4n) is 3.11. The second kappa shape index (κ2) is 6.27. The van der Waals surface area contributed by atoms with Crippen molar-refractivity contribution >= 4 is 22.6 Å². The summed E-state index contributed by atoms with van der Waals surface area (Å²) in [6.45, 7) is 0. The van der Waals surface area contributed by atoms with Crippen LogP contribution in [0.3, 0.4) is 0 Å². The molecule has 104 valence electrons. The van der Waals surface area contributed by atoms with Crippen molar-refractivity contribution in [2.45, 2.75) is 31.7 Å². The van der Waals surface area contributed by atoms with Crippen molar-refractivity contribution in [2.75, 3.05) is 7.05 Å². The van der Waals surface area contributed by atoms with Crippen LogP contribution >= 0.6 is 22.6 Å². The Morgan fingerprint density at radius 3 is 2.25 bits per heavy atom. The van der Waals surface area contributed by atoms with Gasteiger partial charge >= 0.3 is 0 Å². The fraction of sp³-hybridized carbons (Fsp3) is 0.333. The minimum atomic E-state index is 0.291. The van der Waals surface area contributed by atoms with E-state index in [9.17, 15) is 0 Å². The van der Waals surface area contributed by atoms with E-state index in [0.29, 0.717) is 6.04 Å². The molecule has 0 fully saturated rings. The largest absolute Gasteiger partial charge is 0.309 e. The zero-order valence-corrected chi connectivity index (χ0v) is 14.0. The standard InChI is InChI=1S/C18H20IN/c1-20-18(14-8-10-17(19)11-9-14)16-7-6-13-4-2-3-5-15(13)12-16/h6-12,18,20H,2-5H2,1H3. The van der Waals surface area contributed by atoms with E-state index in [0.717, 1.165) is 0 Å². The third-order valence-corrected chi connectivity index (χ3v) is 4.92. The highest BCUT2D eigenvalue weighted by Gasteiger charge is 2.15. The molecule has 1 aliphatic carbocycles. The third kappa shape index (κ3) is 2.91. The average molecular weight is 377 g/mol. The van der Waals surface area contributed by atoms with Gasteiger partial charge in [0.1, 0.15) is 0 Å². The highest BCUT2D eigenvalue weighted by Crippen LogP contribution is 2.28. The predicted octanol–water partition coefficient (Wildman–Crippen LogP) is 4.48. The zero-order chi connectivity index (χ0) is 13.9. The topological polar surface area (TPSA) is 12.0 Å². The molecule has 1 unspecified atom stereocenters. The number of halogens is 1. The first-order chi connectivity index (χ1) is 9.78. The van der Waals surface area contributed by atoms with Crippen LogP contribution in [0.15, 0.2) is 42.5 Å². The summed E-state index contributed by atoms with van der Waals surface area (Å²) in [7, 11) is 2.04. The van der Waals surface area contributed by atoms with Crippen molar-refractivity contribution in [3.8, 4) is 0 Å². The van der Waals surface area contributed by atoms with Crippen molar-refractivity contribution < 1.29 is 0 Å². The first-order valence-corrected chi connectivity index (χ1v) is 8.40.